The summed E-state index contributed by atoms with van der Waals surface area (Å²) >= 11 is 0. The minimum absolute atomic E-state index is 0.0567. The van der Waals surface area contributed by atoms with Crippen molar-refractivity contribution in [2.24, 2.45) is 0 Å². The second-order valence-corrected chi connectivity index (χ2v) is 10.7. The van der Waals surface area contributed by atoms with Crippen molar-refractivity contribution in [1.29, 1.82) is 0 Å². The summed E-state index contributed by atoms with van der Waals surface area (Å²) in [6.07, 6.45) is 4.73. The van der Waals surface area contributed by atoms with Crippen molar-refractivity contribution >= 4 is 42.7 Å². The first-order chi connectivity index (χ1) is 14.6. The molecule has 2 aromatic heterocycles. The highest BCUT2D eigenvalue weighted by molar-refractivity contribution is 7.92. The first-order valence-corrected chi connectivity index (χ1v) is 11.8. The Labute approximate surface area is 174 Å². The number of anilines is 1. The third-order valence-corrected chi connectivity index (χ3v) is 8.27. The van der Waals surface area contributed by atoms with Crippen LogP contribution >= 0.6 is 0 Å². The summed E-state index contributed by atoms with van der Waals surface area (Å²) in [5.41, 5.74) is -0.863. The lowest BCUT2D eigenvalue weighted by Gasteiger charge is -2.17. The van der Waals surface area contributed by atoms with E-state index >= 15 is 4.39 Å². The molecule has 0 radical (unpaired) electrons. The Balaban J connectivity index is 1.62. The number of aromatic hydroxyl groups is 1. The largest absolute Gasteiger partial charge is 0.506 e. The SMILES string of the molecule is O=C1CN(c2c(O)cc3cnc(-c4cnn(S(=O)(=O)C5CC5)c4)nc3c2F)S(=O)(=O)N1. The summed E-state index contributed by atoms with van der Waals surface area (Å²) < 4.78 is 66.9. The standard InChI is InChI=1S/C16H13FN6O6S2/c17-13-14-8(3-11(24)15(13)22-7-12(25)21-31(22,28)29)4-18-16(20-14)9-5-19-23(6-9)30(26,27)10-1-2-10/h3-6,10,24H,1-2,7H2,(H,21,25). The zero-order chi connectivity index (χ0) is 22.1. The van der Waals surface area contributed by atoms with Gasteiger partial charge in [0.05, 0.1) is 23.2 Å². The molecule has 31 heavy (non-hydrogen) atoms. The number of rotatable bonds is 4. The fraction of sp³-hybridized carbons (Fsp3) is 0.250. The average Bonchev–Trinajstić information content (AvgIpc) is 3.37. The molecule has 162 valence electrons. The third kappa shape index (κ3) is 3.07. The number of halogens is 1. The molecule has 5 rings (SSSR count). The van der Waals surface area contributed by atoms with E-state index in [1.807, 2.05) is 0 Å². The molecule has 3 heterocycles. The maximum absolute atomic E-state index is 15.2. The van der Waals surface area contributed by atoms with Gasteiger partial charge in [-0.3, -0.25) is 4.79 Å². The van der Waals surface area contributed by atoms with Gasteiger partial charge in [0.15, 0.2) is 11.6 Å². The molecule has 0 unspecified atom stereocenters. The Bertz CT molecular complexity index is 1480. The van der Waals surface area contributed by atoms with Crippen molar-refractivity contribution in [3.8, 4) is 17.1 Å². The molecule has 1 aliphatic heterocycles. The van der Waals surface area contributed by atoms with E-state index in [1.54, 1.807) is 4.72 Å². The molecule has 1 aromatic carbocycles. The summed E-state index contributed by atoms with van der Waals surface area (Å²) in [6, 6.07) is 1.07. The van der Waals surface area contributed by atoms with Gasteiger partial charge in [-0.2, -0.15) is 17.6 Å². The highest BCUT2D eigenvalue weighted by atomic mass is 32.2. The predicted molar refractivity (Wildman–Crippen MR) is 104 cm³/mol. The number of nitrogens with one attached hydrogen (secondary N) is 1. The second-order valence-electron chi connectivity index (χ2n) is 7.07. The van der Waals surface area contributed by atoms with Gasteiger partial charge in [-0.05, 0) is 18.9 Å². The van der Waals surface area contributed by atoms with Crippen LogP contribution < -0.4 is 9.03 Å². The number of carbonyl (C=O) groups excluding carboxylic acids is 1. The minimum atomic E-state index is -4.37. The minimum Gasteiger partial charge on any atom is -0.506 e. The number of nitrogens with zero attached hydrogens (tertiary/aromatic N) is 5. The molecule has 2 aliphatic rings. The molecule has 2 N–H and O–H groups in total. The van der Waals surface area contributed by atoms with Crippen LogP contribution in [0.5, 0.6) is 5.75 Å². The molecule has 1 saturated carbocycles. The van der Waals surface area contributed by atoms with Crippen molar-refractivity contribution in [3.05, 3.63) is 30.5 Å². The second kappa shape index (κ2) is 6.34. The van der Waals surface area contributed by atoms with Crippen LogP contribution in [0.25, 0.3) is 22.3 Å². The van der Waals surface area contributed by atoms with Crippen molar-refractivity contribution in [2.45, 2.75) is 18.1 Å². The molecule has 12 nitrogen and oxygen atoms in total. The number of hydrogen-bond donors (Lipinski definition) is 2. The number of amides is 1. The normalized spacial score (nSPS) is 18.5. The maximum atomic E-state index is 15.2. The van der Waals surface area contributed by atoms with E-state index in [-0.39, 0.29) is 22.3 Å². The lowest BCUT2D eigenvalue weighted by atomic mass is 10.2. The van der Waals surface area contributed by atoms with Crippen LogP contribution in [0.1, 0.15) is 12.8 Å². The van der Waals surface area contributed by atoms with Crippen LogP contribution in [-0.4, -0.2) is 58.8 Å². The highest BCUT2D eigenvalue weighted by Crippen LogP contribution is 2.38. The molecular weight excluding hydrogens is 455 g/mol. The lowest BCUT2D eigenvalue weighted by Crippen LogP contribution is -2.30. The van der Waals surface area contributed by atoms with Crippen LogP contribution in [0.2, 0.25) is 0 Å². The van der Waals surface area contributed by atoms with Crippen molar-refractivity contribution < 1.29 is 31.1 Å². The number of carbonyl (C=O) groups is 1. The zero-order valence-electron chi connectivity index (χ0n) is 15.4. The fourth-order valence-corrected chi connectivity index (χ4v) is 5.85. The smallest absolute Gasteiger partial charge is 0.326 e. The van der Waals surface area contributed by atoms with E-state index in [4.69, 9.17) is 0 Å². The Morgan fingerprint density at radius 2 is 2.00 bits per heavy atom. The molecule has 15 heteroatoms. The van der Waals surface area contributed by atoms with Gasteiger partial charge < -0.3 is 5.11 Å². The van der Waals surface area contributed by atoms with Crippen LogP contribution in [0.15, 0.2) is 24.7 Å². The number of hydrogen-bond acceptors (Lipinski definition) is 9. The Morgan fingerprint density at radius 3 is 2.65 bits per heavy atom. The fourth-order valence-electron chi connectivity index (χ4n) is 3.21. The van der Waals surface area contributed by atoms with Crippen LogP contribution in [0.4, 0.5) is 10.1 Å². The van der Waals surface area contributed by atoms with Crippen LogP contribution in [0, 0.1) is 5.82 Å². The zero-order valence-corrected chi connectivity index (χ0v) is 17.1. The van der Waals surface area contributed by atoms with Crippen LogP contribution in [-0.2, 0) is 25.0 Å². The predicted octanol–water partition coefficient (Wildman–Crippen LogP) is -0.141. The average molecular weight is 468 g/mol. The van der Waals surface area contributed by atoms with Crippen molar-refractivity contribution in [1.82, 2.24) is 23.9 Å². The molecule has 2 fully saturated rings. The first kappa shape index (κ1) is 19.6. The van der Waals surface area contributed by atoms with Gasteiger partial charge in [0.1, 0.15) is 23.5 Å². The van der Waals surface area contributed by atoms with Gasteiger partial charge in [0, 0.05) is 11.6 Å². The first-order valence-electron chi connectivity index (χ1n) is 8.89. The number of aromatic nitrogens is 4. The van der Waals surface area contributed by atoms with E-state index in [9.17, 15) is 26.7 Å². The molecule has 1 aliphatic carbocycles. The summed E-state index contributed by atoms with van der Waals surface area (Å²) in [5, 5.41) is 13.6. The summed E-state index contributed by atoms with van der Waals surface area (Å²) in [7, 11) is -7.98. The van der Waals surface area contributed by atoms with Gasteiger partial charge in [-0.25, -0.2) is 31.8 Å². The Kier molecular flexibility index (Phi) is 4.01. The molecule has 0 bridgehead atoms. The lowest BCUT2D eigenvalue weighted by molar-refractivity contribution is -0.117. The third-order valence-electron chi connectivity index (χ3n) is 4.86. The number of fused-ring (bicyclic) bond motifs is 1. The monoisotopic (exact) mass is 468 g/mol. The quantitative estimate of drug-likeness (QED) is 0.530. The number of benzene rings is 1. The van der Waals surface area contributed by atoms with Crippen molar-refractivity contribution in [2.75, 3.05) is 10.8 Å². The molecule has 1 amide bonds. The van der Waals surface area contributed by atoms with Crippen LogP contribution in [0.3, 0.4) is 0 Å². The molecule has 3 aromatic rings. The highest BCUT2D eigenvalue weighted by Gasteiger charge is 2.39. The number of phenols is 1. The van der Waals surface area contributed by atoms with E-state index in [1.165, 1.54) is 18.6 Å². The molecule has 1 saturated heterocycles. The molecule has 0 atom stereocenters. The van der Waals surface area contributed by atoms with Gasteiger partial charge in [0.25, 0.3) is 15.9 Å². The van der Waals surface area contributed by atoms with E-state index in [0.717, 1.165) is 10.2 Å². The van der Waals surface area contributed by atoms with Gasteiger partial charge in [-0.1, -0.05) is 0 Å². The summed E-state index contributed by atoms with van der Waals surface area (Å²) in [6.45, 7) is -0.706. The van der Waals surface area contributed by atoms with Gasteiger partial charge >= 0.3 is 10.2 Å². The van der Waals surface area contributed by atoms with Crippen molar-refractivity contribution in [3.63, 3.8) is 0 Å². The molecular formula is C16H13FN6O6S2. The topological polar surface area (TPSA) is 164 Å². The molecule has 0 spiro atoms. The maximum Gasteiger partial charge on any atom is 0.326 e. The van der Waals surface area contributed by atoms with E-state index in [2.05, 4.69) is 15.1 Å². The van der Waals surface area contributed by atoms with Gasteiger partial charge in [-0.15, -0.1) is 0 Å². The van der Waals surface area contributed by atoms with E-state index < -0.39 is 55.2 Å². The Morgan fingerprint density at radius 1 is 1.26 bits per heavy atom. The van der Waals surface area contributed by atoms with E-state index in [0.29, 0.717) is 17.1 Å². The Hall–Kier alpha value is -3.33. The summed E-state index contributed by atoms with van der Waals surface area (Å²) in [5.74, 6) is -2.84. The van der Waals surface area contributed by atoms with Gasteiger partial charge in [0.2, 0.25) is 0 Å². The summed E-state index contributed by atoms with van der Waals surface area (Å²) in [4.78, 5) is 19.6. The number of phenolic OH excluding ortho intramolecular Hbond substituents is 1.